The lowest BCUT2D eigenvalue weighted by Gasteiger charge is -2.28. The minimum absolute atomic E-state index is 0.0199. The fourth-order valence-corrected chi connectivity index (χ4v) is 3.16. The van der Waals surface area contributed by atoms with Gasteiger partial charge in [-0.3, -0.25) is 4.79 Å². The molecule has 1 fully saturated rings. The van der Waals surface area contributed by atoms with Gasteiger partial charge in [0.2, 0.25) is 5.91 Å². The molecular formula is C18H23NO3. The second-order valence-corrected chi connectivity index (χ2v) is 6.32. The summed E-state index contributed by atoms with van der Waals surface area (Å²) in [7, 11) is 0. The minimum Gasteiger partial charge on any atom is -0.460 e. The minimum atomic E-state index is -0.289. The highest BCUT2D eigenvalue weighted by Gasteiger charge is 2.25. The van der Waals surface area contributed by atoms with Crippen molar-refractivity contribution in [1.29, 1.82) is 0 Å². The van der Waals surface area contributed by atoms with E-state index in [9.17, 15) is 4.79 Å². The number of aliphatic hydroxyl groups is 1. The van der Waals surface area contributed by atoms with Crippen LogP contribution in [0, 0.1) is 5.92 Å². The summed E-state index contributed by atoms with van der Waals surface area (Å²) >= 11 is 0. The van der Waals surface area contributed by atoms with Crippen LogP contribution >= 0.6 is 0 Å². The Morgan fingerprint density at radius 2 is 2.05 bits per heavy atom. The number of carbonyl (C=O) groups excluding carboxylic acids is 1. The van der Waals surface area contributed by atoms with Gasteiger partial charge in [-0.2, -0.15) is 0 Å². The van der Waals surface area contributed by atoms with Gasteiger partial charge in [0, 0.05) is 18.0 Å². The zero-order chi connectivity index (χ0) is 15.5. The van der Waals surface area contributed by atoms with Gasteiger partial charge >= 0.3 is 0 Å². The number of rotatable bonds is 4. The zero-order valence-corrected chi connectivity index (χ0v) is 12.9. The van der Waals surface area contributed by atoms with Crippen LogP contribution in [0.2, 0.25) is 0 Å². The zero-order valence-electron chi connectivity index (χ0n) is 12.9. The van der Waals surface area contributed by atoms with Gasteiger partial charge < -0.3 is 14.8 Å². The molecule has 22 heavy (non-hydrogen) atoms. The third-order valence-corrected chi connectivity index (χ3v) is 4.72. The molecule has 3 rings (SSSR count). The molecule has 1 heterocycles. The molecule has 1 aromatic heterocycles. The number of para-hydroxylation sites is 1. The largest absolute Gasteiger partial charge is 0.460 e. The van der Waals surface area contributed by atoms with Crippen molar-refractivity contribution in [2.45, 2.75) is 44.6 Å². The lowest BCUT2D eigenvalue weighted by Crippen LogP contribution is -2.40. The summed E-state index contributed by atoms with van der Waals surface area (Å²) < 4.78 is 5.78. The van der Waals surface area contributed by atoms with Crippen molar-refractivity contribution in [3.8, 4) is 0 Å². The van der Waals surface area contributed by atoms with Crippen molar-refractivity contribution in [2.24, 2.45) is 5.92 Å². The van der Waals surface area contributed by atoms with Gasteiger partial charge in [0.1, 0.15) is 11.3 Å². The third-order valence-electron chi connectivity index (χ3n) is 4.72. The number of carbonyl (C=O) groups is 1. The molecular weight excluding hydrogens is 278 g/mol. The van der Waals surface area contributed by atoms with Crippen molar-refractivity contribution in [3.63, 3.8) is 0 Å². The van der Waals surface area contributed by atoms with Gasteiger partial charge in [0.15, 0.2) is 0 Å². The molecule has 118 valence electrons. The van der Waals surface area contributed by atoms with Crippen LogP contribution in [0.25, 0.3) is 11.0 Å². The van der Waals surface area contributed by atoms with Crippen molar-refractivity contribution >= 4 is 16.9 Å². The first-order chi connectivity index (χ1) is 10.7. The Hall–Kier alpha value is -1.81. The van der Waals surface area contributed by atoms with Gasteiger partial charge in [0.25, 0.3) is 0 Å². The maximum absolute atomic E-state index is 12.4. The quantitative estimate of drug-likeness (QED) is 0.911. The van der Waals surface area contributed by atoms with Crippen LogP contribution in [0.15, 0.2) is 34.7 Å². The van der Waals surface area contributed by atoms with Crippen molar-refractivity contribution < 1.29 is 14.3 Å². The smallest absolute Gasteiger partial charge is 0.230 e. The number of amides is 1. The fourth-order valence-electron chi connectivity index (χ4n) is 3.16. The van der Waals surface area contributed by atoms with E-state index >= 15 is 0 Å². The van der Waals surface area contributed by atoms with E-state index in [0.717, 1.165) is 36.7 Å². The Bertz CT molecular complexity index is 608. The Labute approximate surface area is 130 Å². The van der Waals surface area contributed by atoms with E-state index in [1.54, 1.807) is 0 Å². The molecule has 1 atom stereocenters. The number of furan rings is 1. The molecule has 0 bridgehead atoms. The van der Waals surface area contributed by atoms with E-state index in [-0.39, 0.29) is 24.5 Å². The molecule has 4 heteroatoms. The molecule has 0 radical (unpaired) electrons. The Morgan fingerprint density at radius 1 is 1.32 bits per heavy atom. The maximum Gasteiger partial charge on any atom is 0.230 e. The van der Waals surface area contributed by atoms with E-state index in [0.29, 0.717) is 11.7 Å². The molecule has 1 aliphatic rings. The van der Waals surface area contributed by atoms with E-state index in [2.05, 4.69) is 5.32 Å². The Kier molecular flexibility index (Phi) is 4.48. The van der Waals surface area contributed by atoms with Gasteiger partial charge in [-0.1, -0.05) is 18.2 Å². The lowest BCUT2D eigenvalue weighted by molar-refractivity contribution is -0.123. The van der Waals surface area contributed by atoms with E-state index < -0.39 is 0 Å². The first kappa shape index (κ1) is 15.1. The standard InChI is InChI=1S/C18H23NO3/c1-12(17-10-14-4-2-3-5-16(14)22-17)18(21)19-15-8-6-13(11-20)7-9-15/h2-5,10,12-13,15,20H,6-9,11H2,1H3,(H,19,21). The third kappa shape index (κ3) is 3.17. The normalized spacial score (nSPS) is 23.4. The topological polar surface area (TPSA) is 62.5 Å². The molecule has 0 saturated heterocycles. The van der Waals surface area contributed by atoms with Crippen LogP contribution in [0.5, 0.6) is 0 Å². The molecule has 0 aliphatic heterocycles. The molecule has 1 aromatic carbocycles. The predicted molar refractivity (Wildman–Crippen MR) is 85.6 cm³/mol. The molecule has 1 amide bonds. The molecule has 4 nitrogen and oxygen atoms in total. The molecule has 1 saturated carbocycles. The number of hydrogen-bond acceptors (Lipinski definition) is 3. The molecule has 1 aliphatic carbocycles. The summed E-state index contributed by atoms with van der Waals surface area (Å²) in [5.74, 6) is 0.846. The van der Waals surface area contributed by atoms with E-state index in [1.807, 2.05) is 37.3 Å². The summed E-state index contributed by atoms with van der Waals surface area (Å²) in [5.41, 5.74) is 0.820. The van der Waals surface area contributed by atoms with Crippen molar-refractivity contribution in [2.75, 3.05) is 6.61 Å². The average molecular weight is 301 g/mol. The highest BCUT2D eigenvalue weighted by Crippen LogP contribution is 2.27. The SMILES string of the molecule is CC(C(=O)NC1CCC(CO)CC1)c1cc2ccccc2o1. The summed E-state index contributed by atoms with van der Waals surface area (Å²) in [6.45, 7) is 2.14. The van der Waals surface area contributed by atoms with Crippen LogP contribution in [-0.2, 0) is 4.79 Å². The number of hydrogen-bond donors (Lipinski definition) is 2. The summed E-state index contributed by atoms with van der Waals surface area (Å²) in [6.07, 6.45) is 3.87. The highest BCUT2D eigenvalue weighted by atomic mass is 16.3. The van der Waals surface area contributed by atoms with Gasteiger partial charge in [-0.05, 0) is 50.7 Å². The average Bonchev–Trinajstić information content (AvgIpc) is 2.98. The molecule has 2 N–H and O–H groups in total. The fraction of sp³-hybridized carbons (Fsp3) is 0.500. The molecule has 1 unspecified atom stereocenters. The van der Waals surface area contributed by atoms with E-state index in [1.165, 1.54) is 0 Å². The highest BCUT2D eigenvalue weighted by molar-refractivity contribution is 5.85. The first-order valence-electron chi connectivity index (χ1n) is 8.07. The van der Waals surface area contributed by atoms with Crippen LogP contribution in [0.3, 0.4) is 0 Å². The van der Waals surface area contributed by atoms with Gasteiger partial charge in [-0.25, -0.2) is 0 Å². The van der Waals surface area contributed by atoms with Crippen molar-refractivity contribution in [1.82, 2.24) is 5.32 Å². The Balaban J connectivity index is 1.62. The number of aliphatic hydroxyl groups excluding tert-OH is 1. The van der Waals surface area contributed by atoms with Crippen LogP contribution in [0.4, 0.5) is 0 Å². The second-order valence-electron chi connectivity index (χ2n) is 6.32. The number of fused-ring (bicyclic) bond motifs is 1. The summed E-state index contributed by atoms with van der Waals surface area (Å²) in [6, 6.07) is 9.97. The van der Waals surface area contributed by atoms with E-state index in [4.69, 9.17) is 9.52 Å². The summed E-state index contributed by atoms with van der Waals surface area (Å²) in [4.78, 5) is 12.4. The Morgan fingerprint density at radius 3 is 2.73 bits per heavy atom. The van der Waals surface area contributed by atoms with Crippen LogP contribution < -0.4 is 5.32 Å². The molecule has 2 aromatic rings. The predicted octanol–water partition coefficient (Wildman–Crippen LogP) is 3.20. The molecule has 0 spiro atoms. The van der Waals surface area contributed by atoms with Gasteiger partial charge in [-0.15, -0.1) is 0 Å². The second kappa shape index (κ2) is 6.53. The van der Waals surface area contributed by atoms with Crippen molar-refractivity contribution in [3.05, 3.63) is 36.1 Å². The number of nitrogens with one attached hydrogen (secondary N) is 1. The monoisotopic (exact) mass is 301 g/mol. The summed E-state index contributed by atoms with van der Waals surface area (Å²) in [5, 5.41) is 13.3. The maximum atomic E-state index is 12.4. The van der Waals surface area contributed by atoms with Crippen LogP contribution in [-0.4, -0.2) is 23.7 Å². The van der Waals surface area contributed by atoms with Crippen LogP contribution in [0.1, 0.15) is 44.3 Å². The lowest BCUT2D eigenvalue weighted by atomic mass is 9.86. The van der Waals surface area contributed by atoms with Gasteiger partial charge in [0.05, 0.1) is 5.92 Å². The number of benzene rings is 1. The first-order valence-corrected chi connectivity index (χ1v) is 8.07.